The molecular formula is C20H27N3O3S. The van der Waals surface area contributed by atoms with Gasteiger partial charge >= 0.3 is 0 Å². The summed E-state index contributed by atoms with van der Waals surface area (Å²) in [6, 6.07) is 8.64. The Bertz CT molecular complexity index is 829. The summed E-state index contributed by atoms with van der Waals surface area (Å²) >= 11 is 0. The van der Waals surface area contributed by atoms with Gasteiger partial charge in [0.25, 0.3) is 0 Å². The lowest BCUT2D eigenvalue weighted by molar-refractivity contribution is -0.123. The van der Waals surface area contributed by atoms with Crippen LogP contribution in [0.15, 0.2) is 35.2 Å². The van der Waals surface area contributed by atoms with Crippen LogP contribution in [0, 0.1) is 17.8 Å². The third-order valence-corrected chi connectivity index (χ3v) is 8.94. The molecule has 4 fully saturated rings. The fourth-order valence-corrected chi connectivity index (χ4v) is 6.78. The van der Waals surface area contributed by atoms with E-state index >= 15 is 0 Å². The zero-order valence-electron chi connectivity index (χ0n) is 15.5. The third kappa shape index (κ3) is 3.00. The van der Waals surface area contributed by atoms with Crippen LogP contribution in [0.4, 0.5) is 0 Å². The number of sulfonamides is 1. The van der Waals surface area contributed by atoms with E-state index in [9.17, 15) is 13.2 Å². The van der Waals surface area contributed by atoms with Crippen molar-refractivity contribution in [1.82, 2.24) is 14.5 Å². The molecular weight excluding hydrogens is 362 g/mol. The maximum atomic E-state index is 12.9. The summed E-state index contributed by atoms with van der Waals surface area (Å²) in [6.45, 7) is 3.93. The molecule has 5 rings (SSSR count). The van der Waals surface area contributed by atoms with Crippen LogP contribution in [0.2, 0.25) is 0 Å². The number of carbonyl (C=O) groups is 1. The molecule has 6 nitrogen and oxygen atoms in total. The number of hydrogen-bond donors (Lipinski definition) is 1. The summed E-state index contributed by atoms with van der Waals surface area (Å²) in [5, 5.41) is 3.29. The third-order valence-electron chi connectivity index (χ3n) is 7.02. The second-order valence-corrected chi connectivity index (χ2v) is 10.7. The molecule has 0 unspecified atom stereocenters. The Balaban J connectivity index is 1.30. The summed E-state index contributed by atoms with van der Waals surface area (Å²) in [7, 11) is -3.45. The number of likely N-dealkylation sites (tertiary alicyclic amines) is 1. The van der Waals surface area contributed by atoms with Crippen LogP contribution in [-0.4, -0.2) is 61.8 Å². The zero-order chi connectivity index (χ0) is 18.6. The van der Waals surface area contributed by atoms with Gasteiger partial charge in [0.05, 0.1) is 10.8 Å². The molecule has 1 spiro atoms. The minimum Gasteiger partial charge on any atom is -0.350 e. The van der Waals surface area contributed by atoms with Crippen LogP contribution in [-0.2, 0) is 14.8 Å². The van der Waals surface area contributed by atoms with Gasteiger partial charge in [-0.25, -0.2) is 8.42 Å². The summed E-state index contributed by atoms with van der Waals surface area (Å²) in [6.07, 6.45) is 4.08. The van der Waals surface area contributed by atoms with Crippen LogP contribution in [0.25, 0.3) is 0 Å². The Morgan fingerprint density at radius 2 is 1.78 bits per heavy atom. The first-order valence-corrected chi connectivity index (χ1v) is 11.5. The molecule has 1 saturated carbocycles. The fraction of sp³-hybridized carbons (Fsp3) is 0.650. The summed E-state index contributed by atoms with van der Waals surface area (Å²) in [4.78, 5) is 15.4. The van der Waals surface area contributed by atoms with Crippen molar-refractivity contribution < 1.29 is 13.2 Å². The first-order chi connectivity index (χ1) is 13.0. The predicted octanol–water partition coefficient (Wildman–Crippen LogP) is 1.30. The summed E-state index contributed by atoms with van der Waals surface area (Å²) < 4.78 is 27.4. The van der Waals surface area contributed by atoms with E-state index in [-0.39, 0.29) is 17.4 Å². The molecule has 3 heterocycles. The highest BCUT2D eigenvalue weighted by molar-refractivity contribution is 7.89. The number of piperidine rings is 1. The number of benzene rings is 1. The first-order valence-electron chi connectivity index (χ1n) is 10.1. The molecule has 3 saturated heterocycles. The maximum Gasteiger partial charge on any atom is 0.243 e. The average Bonchev–Trinajstić information content (AvgIpc) is 3.32. The standard InChI is InChI=1S/C20H27N3O3S/c24-19-17-13-22(12-15-6-7-15)14-18(17)20(21-19)8-10-23(11-9-20)27(25,26)16-4-2-1-3-5-16/h1-5,15,17-18H,6-14H2,(H,21,24)/t17-,18+/m1/s1. The van der Waals surface area contributed by atoms with Crippen molar-refractivity contribution in [3.05, 3.63) is 30.3 Å². The van der Waals surface area contributed by atoms with Gasteiger partial charge in [-0.15, -0.1) is 0 Å². The van der Waals surface area contributed by atoms with E-state index in [1.807, 2.05) is 6.07 Å². The molecule has 0 radical (unpaired) electrons. The Hall–Kier alpha value is -1.44. The molecule has 1 aliphatic carbocycles. The van der Waals surface area contributed by atoms with Crippen molar-refractivity contribution in [2.45, 2.75) is 36.1 Å². The van der Waals surface area contributed by atoms with Crippen LogP contribution in [0.3, 0.4) is 0 Å². The number of nitrogens with zero attached hydrogens (tertiary/aromatic N) is 2. The summed E-state index contributed by atoms with van der Waals surface area (Å²) in [5.74, 6) is 1.42. The minimum atomic E-state index is -3.45. The number of nitrogens with one attached hydrogen (secondary N) is 1. The van der Waals surface area contributed by atoms with Crippen molar-refractivity contribution in [1.29, 1.82) is 0 Å². The minimum absolute atomic E-state index is 0.0843. The molecule has 0 aromatic heterocycles. The Morgan fingerprint density at radius 3 is 2.44 bits per heavy atom. The van der Waals surface area contributed by atoms with Gasteiger partial charge in [-0.05, 0) is 43.7 Å². The first kappa shape index (κ1) is 17.6. The number of fused-ring (bicyclic) bond motifs is 2. The summed E-state index contributed by atoms with van der Waals surface area (Å²) in [5.41, 5.74) is -0.219. The van der Waals surface area contributed by atoms with E-state index in [1.165, 1.54) is 12.8 Å². The monoisotopic (exact) mass is 389 g/mol. The molecule has 146 valence electrons. The highest BCUT2D eigenvalue weighted by Crippen LogP contribution is 2.45. The number of rotatable bonds is 4. The largest absolute Gasteiger partial charge is 0.350 e. The topological polar surface area (TPSA) is 69.7 Å². The van der Waals surface area contributed by atoms with Gasteiger partial charge in [0.15, 0.2) is 0 Å². The van der Waals surface area contributed by atoms with Gasteiger partial charge in [0.1, 0.15) is 0 Å². The molecule has 1 amide bonds. The van der Waals surface area contributed by atoms with Crippen LogP contribution >= 0.6 is 0 Å². The quantitative estimate of drug-likeness (QED) is 0.843. The van der Waals surface area contributed by atoms with Gasteiger partial charge in [-0.2, -0.15) is 4.31 Å². The SMILES string of the molecule is O=C1NC2(CCN(S(=O)(=O)c3ccccc3)CC2)[C@H]2CN(CC3CC3)C[C@@H]12. The van der Waals surface area contributed by atoms with Gasteiger partial charge < -0.3 is 10.2 Å². The highest BCUT2D eigenvalue weighted by Gasteiger charge is 2.57. The lowest BCUT2D eigenvalue weighted by atomic mass is 9.76. The normalized spacial score (nSPS) is 31.2. The molecule has 7 heteroatoms. The van der Waals surface area contributed by atoms with Gasteiger partial charge in [0.2, 0.25) is 15.9 Å². The highest BCUT2D eigenvalue weighted by atomic mass is 32.2. The smallest absolute Gasteiger partial charge is 0.243 e. The van der Waals surface area contributed by atoms with Crippen LogP contribution in [0.1, 0.15) is 25.7 Å². The van der Waals surface area contributed by atoms with Crippen molar-refractivity contribution in [2.24, 2.45) is 17.8 Å². The van der Waals surface area contributed by atoms with Crippen molar-refractivity contribution >= 4 is 15.9 Å². The van der Waals surface area contributed by atoms with Crippen molar-refractivity contribution in [3.63, 3.8) is 0 Å². The van der Waals surface area contributed by atoms with Crippen LogP contribution < -0.4 is 5.32 Å². The second kappa shape index (κ2) is 6.29. The van der Waals surface area contributed by atoms with E-state index in [4.69, 9.17) is 0 Å². The van der Waals surface area contributed by atoms with Gasteiger partial charge in [-0.1, -0.05) is 18.2 Å². The Kier molecular flexibility index (Phi) is 4.11. The van der Waals surface area contributed by atoms with E-state index in [0.29, 0.717) is 36.7 Å². The molecule has 1 aromatic carbocycles. The fourth-order valence-electron chi connectivity index (χ4n) is 5.32. The van der Waals surface area contributed by atoms with E-state index < -0.39 is 10.0 Å². The Morgan fingerprint density at radius 1 is 1.07 bits per heavy atom. The van der Waals surface area contributed by atoms with Crippen molar-refractivity contribution in [3.8, 4) is 0 Å². The number of carbonyl (C=O) groups excluding carboxylic acids is 1. The molecule has 1 aromatic rings. The number of amides is 1. The van der Waals surface area contributed by atoms with E-state index in [0.717, 1.165) is 25.6 Å². The molecule has 1 N–H and O–H groups in total. The van der Waals surface area contributed by atoms with Gasteiger partial charge in [-0.3, -0.25) is 4.79 Å². The average molecular weight is 390 g/mol. The molecule has 27 heavy (non-hydrogen) atoms. The van der Waals surface area contributed by atoms with Crippen LogP contribution in [0.5, 0.6) is 0 Å². The lowest BCUT2D eigenvalue weighted by Crippen LogP contribution is -2.56. The van der Waals surface area contributed by atoms with Crippen molar-refractivity contribution in [2.75, 3.05) is 32.7 Å². The molecule has 0 bridgehead atoms. The predicted molar refractivity (Wildman–Crippen MR) is 101 cm³/mol. The Labute approximate surface area is 161 Å². The molecule has 3 aliphatic heterocycles. The lowest BCUT2D eigenvalue weighted by Gasteiger charge is -2.42. The maximum absolute atomic E-state index is 12.9. The zero-order valence-corrected chi connectivity index (χ0v) is 16.3. The van der Waals surface area contributed by atoms with Gasteiger partial charge in [0, 0.05) is 44.2 Å². The molecule has 4 aliphatic rings. The molecule has 2 atom stereocenters. The van der Waals surface area contributed by atoms with E-state index in [1.54, 1.807) is 28.6 Å². The second-order valence-electron chi connectivity index (χ2n) is 8.74. The van der Waals surface area contributed by atoms with E-state index in [2.05, 4.69) is 10.2 Å². The number of hydrogen-bond acceptors (Lipinski definition) is 4.